The van der Waals surface area contributed by atoms with Crippen LogP contribution in [0.3, 0.4) is 0 Å². The molecule has 1 aliphatic rings. The Morgan fingerprint density at radius 1 is 1.44 bits per heavy atom. The van der Waals surface area contributed by atoms with Crippen molar-refractivity contribution in [2.45, 2.75) is 37.5 Å². The SMILES string of the molecule is CCCC1=C(OC)SC(CCN)(OC)C1.Cl. The molecular formula is C11H22ClNO2S. The summed E-state index contributed by atoms with van der Waals surface area (Å²) in [6, 6.07) is 0. The molecule has 1 heterocycles. The fraction of sp³-hybridized carbons (Fsp3) is 0.818. The third-order valence-corrected chi connectivity index (χ3v) is 4.21. The maximum absolute atomic E-state index is 5.62. The molecule has 1 unspecified atom stereocenters. The molecule has 0 fully saturated rings. The number of rotatable bonds is 6. The van der Waals surface area contributed by atoms with Gasteiger partial charge >= 0.3 is 0 Å². The van der Waals surface area contributed by atoms with E-state index >= 15 is 0 Å². The van der Waals surface area contributed by atoms with E-state index in [0.717, 1.165) is 30.8 Å². The van der Waals surface area contributed by atoms with Crippen LogP contribution >= 0.6 is 24.2 Å². The summed E-state index contributed by atoms with van der Waals surface area (Å²) < 4.78 is 11.0. The summed E-state index contributed by atoms with van der Waals surface area (Å²) in [4.78, 5) is -0.176. The fourth-order valence-corrected chi connectivity index (χ4v) is 3.22. The molecule has 0 bridgehead atoms. The first-order valence-electron chi connectivity index (χ1n) is 5.41. The van der Waals surface area contributed by atoms with E-state index in [9.17, 15) is 0 Å². The Morgan fingerprint density at radius 2 is 2.12 bits per heavy atom. The van der Waals surface area contributed by atoms with Gasteiger partial charge < -0.3 is 15.2 Å². The maximum atomic E-state index is 5.62. The Balaban J connectivity index is 0.00000225. The first-order chi connectivity index (χ1) is 7.21. The van der Waals surface area contributed by atoms with E-state index in [4.69, 9.17) is 15.2 Å². The minimum Gasteiger partial charge on any atom is -0.490 e. The zero-order valence-electron chi connectivity index (χ0n) is 10.2. The molecule has 0 aromatic rings. The smallest absolute Gasteiger partial charge is 0.154 e. The second-order valence-electron chi connectivity index (χ2n) is 3.78. The largest absolute Gasteiger partial charge is 0.490 e. The van der Waals surface area contributed by atoms with E-state index in [0.29, 0.717) is 6.54 Å². The number of hydrogen-bond donors (Lipinski definition) is 1. The minimum atomic E-state index is -0.176. The van der Waals surface area contributed by atoms with E-state index in [1.165, 1.54) is 5.57 Å². The summed E-state index contributed by atoms with van der Waals surface area (Å²) in [5.74, 6) is 0. The standard InChI is InChI=1S/C11H21NO2S.ClH/c1-4-5-9-8-11(14-3,6-7-12)15-10(9)13-2;/h4-8,12H2,1-3H3;1H. The van der Waals surface area contributed by atoms with Gasteiger partial charge in [-0.1, -0.05) is 25.1 Å². The zero-order valence-corrected chi connectivity index (χ0v) is 11.9. The van der Waals surface area contributed by atoms with Crippen molar-refractivity contribution in [2.75, 3.05) is 20.8 Å². The number of methoxy groups -OCH3 is 2. The van der Waals surface area contributed by atoms with Crippen LogP contribution in [0.5, 0.6) is 0 Å². The van der Waals surface area contributed by atoms with Crippen molar-refractivity contribution in [1.82, 2.24) is 0 Å². The second-order valence-corrected chi connectivity index (χ2v) is 5.10. The summed E-state index contributed by atoms with van der Waals surface area (Å²) in [7, 11) is 3.48. The Bertz CT molecular complexity index is 248. The maximum Gasteiger partial charge on any atom is 0.154 e. The van der Waals surface area contributed by atoms with E-state index < -0.39 is 0 Å². The molecule has 0 amide bonds. The van der Waals surface area contributed by atoms with Crippen molar-refractivity contribution >= 4 is 24.2 Å². The Kier molecular flexibility index (Phi) is 7.48. The number of thioether (sulfide) groups is 1. The summed E-state index contributed by atoms with van der Waals surface area (Å²) in [6.45, 7) is 2.83. The van der Waals surface area contributed by atoms with Crippen LogP contribution in [0.25, 0.3) is 0 Å². The summed E-state index contributed by atoms with van der Waals surface area (Å²) in [5.41, 5.74) is 7.00. The van der Waals surface area contributed by atoms with Crippen molar-refractivity contribution < 1.29 is 9.47 Å². The Labute approximate surface area is 109 Å². The van der Waals surface area contributed by atoms with Crippen LogP contribution in [0.2, 0.25) is 0 Å². The van der Waals surface area contributed by atoms with E-state index in [2.05, 4.69) is 6.92 Å². The third kappa shape index (κ3) is 3.55. The lowest BCUT2D eigenvalue weighted by Crippen LogP contribution is -2.28. The van der Waals surface area contributed by atoms with Crippen molar-refractivity contribution in [1.29, 1.82) is 0 Å². The van der Waals surface area contributed by atoms with Crippen molar-refractivity contribution in [3.63, 3.8) is 0 Å². The molecule has 0 saturated carbocycles. The van der Waals surface area contributed by atoms with Crippen LogP contribution in [0.1, 0.15) is 32.6 Å². The highest BCUT2D eigenvalue weighted by molar-refractivity contribution is 8.04. The molecule has 0 aliphatic carbocycles. The number of halogens is 1. The van der Waals surface area contributed by atoms with Crippen molar-refractivity contribution in [2.24, 2.45) is 5.73 Å². The topological polar surface area (TPSA) is 44.5 Å². The van der Waals surface area contributed by atoms with Gasteiger partial charge in [-0.2, -0.15) is 0 Å². The van der Waals surface area contributed by atoms with Crippen LogP contribution in [0.15, 0.2) is 10.7 Å². The number of hydrogen-bond acceptors (Lipinski definition) is 4. The quantitative estimate of drug-likeness (QED) is 0.804. The molecule has 0 spiro atoms. The number of nitrogens with two attached hydrogens (primary N) is 1. The fourth-order valence-electron chi connectivity index (χ4n) is 1.93. The molecule has 0 aromatic heterocycles. The van der Waals surface area contributed by atoms with Gasteiger partial charge in [0.05, 0.1) is 7.11 Å². The first-order valence-corrected chi connectivity index (χ1v) is 6.23. The Hall–Kier alpha value is 0.1000. The molecule has 16 heavy (non-hydrogen) atoms. The predicted molar refractivity (Wildman–Crippen MR) is 71.8 cm³/mol. The molecule has 1 aliphatic heterocycles. The predicted octanol–water partition coefficient (Wildman–Crippen LogP) is 2.89. The molecule has 0 saturated heterocycles. The molecule has 96 valence electrons. The second kappa shape index (κ2) is 7.43. The van der Waals surface area contributed by atoms with Crippen molar-refractivity contribution in [3.05, 3.63) is 10.7 Å². The normalized spacial score (nSPS) is 24.5. The van der Waals surface area contributed by atoms with Crippen molar-refractivity contribution in [3.8, 4) is 0 Å². The lowest BCUT2D eigenvalue weighted by atomic mass is 10.0. The highest BCUT2D eigenvalue weighted by Gasteiger charge is 2.39. The zero-order chi connectivity index (χ0) is 11.3. The molecule has 0 radical (unpaired) electrons. The van der Waals surface area contributed by atoms with Gasteiger partial charge in [-0.25, -0.2) is 0 Å². The highest BCUT2D eigenvalue weighted by atomic mass is 35.5. The number of ether oxygens (including phenoxy) is 2. The summed E-state index contributed by atoms with van der Waals surface area (Å²) in [6.07, 6.45) is 4.05. The van der Waals surface area contributed by atoms with Gasteiger partial charge in [0.2, 0.25) is 0 Å². The van der Waals surface area contributed by atoms with E-state index in [1.807, 2.05) is 0 Å². The molecular weight excluding hydrogens is 246 g/mol. The van der Waals surface area contributed by atoms with Gasteiger partial charge in [0, 0.05) is 13.5 Å². The highest BCUT2D eigenvalue weighted by Crippen LogP contribution is 2.49. The molecule has 3 nitrogen and oxygen atoms in total. The third-order valence-electron chi connectivity index (χ3n) is 2.68. The molecule has 1 atom stereocenters. The van der Waals surface area contributed by atoms with Gasteiger partial charge in [-0.05, 0) is 25.0 Å². The molecule has 0 aromatic carbocycles. The molecule has 5 heteroatoms. The van der Waals surface area contributed by atoms with Gasteiger partial charge in [-0.15, -0.1) is 12.4 Å². The Morgan fingerprint density at radius 3 is 2.56 bits per heavy atom. The molecule has 1 rings (SSSR count). The average Bonchev–Trinajstić information content (AvgIpc) is 2.59. The lowest BCUT2D eigenvalue weighted by molar-refractivity contribution is 0.0683. The van der Waals surface area contributed by atoms with Gasteiger partial charge in [0.25, 0.3) is 0 Å². The van der Waals surface area contributed by atoms with E-state index in [1.54, 1.807) is 26.0 Å². The van der Waals surface area contributed by atoms with Crippen LogP contribution < -0.4 is 5.73 Å². The molecule has 2 N–H and O–H groups in total. The van der Waals surface area contributed by atoms with Gasteiger partial charge in [0.15, 0.2) is 5.09 Å². The monoisotopic (exact) mass is 267 g/mol. The average molecular weight is 268 g/mol. The van der Waals surface area contributed by atoms with Crippen LogP contribution in [-0.2, 0) is 9.47 Å². The minimum absolute atomic E-state index is 0. The lowest BCUT2D eigenvalue weighted by Gasteiger charge is -2.26. The van der Waals surface area contributed by atoms with Gasteiger partial charge in [-0.3, -0.25) is 0 Å². The first kappa shape index (κ1) is 16.1. The van der Waals surface area contributed by atoms with Crippen LogP contribution in [-0.4, -0.2) is 25.7 Å². The summed E-state index contributed by atoms with van der Waals surface area (Å²) >= 11 is 1.69. The van der Waals surface area contributed by atoms with E-state index in [-0.39, 0.29) is 17.3 Å². The summed E-state index contributed by atoms with van der Waals surface area (Å²) in [5, 5.41) is 1.03. The van der Waals surface area contributed by atoms with Gasteiger partial charge in [0.1, 0.15) is 4.93 Å². The van der Waals surface area contributed by atoms with Crippen LogP contribution in [0, 0.1) is 0 Å². The van der Waals surface area contributed by atoms with Crippen LogP contribution in [0.4, 0.5) is 0 Å².